The van der Waals surface area contributed by atoms with E-state index in [0.29, 0.717) is 23.1 Å². The molecule has 5 nitrogen and oxygen atoms in total. The Labute approximate surface area is 106 Å². The van der Waals surface area contributed by atoms with Gasteiger partial charge in [0, 0.05) is 5.75 Å². The monoisotopic (exact) mass is 269 g/mol. The number of hydrogen-bond acceptors (Lipinski definition) is 7. The van der Waals surface area contributed by atoms with E-state index < -0.39 is 0 Å². The molecule has 17 heavy (non-hydrogen) atoms. The van der Waals surface area contributed by atoms with Gasteiger partial charge >= 0.3 is 5.97 Å². The standard InChI is InChI=1S/C10H11N3O2S2/c1-15-7(14)3-5-17-10-12-8(11)6-2-4-16-9(6)13-10/h2,4H,3,5H2,1H3,(H2,11,12,13). The third-order valence-electron chi connectivity index (χ3n) is 2.10. The van der Waals surface area contributed by atoms with Crippen molar-refractivity contribution in [2.24, 2.45) is 0 Å². The maximum atomic E-state index is 10.9. The molecule has 0 unspecified atom stereocenters. The summed E-state index contributed by atoms with van der Waals surface area (Å²) in [6, 6.07) is 1.90. The molecule has 90 valence electrons. The van der Waals surface area contributed by atoms with E-state index in [0.717, 1.165) is 10.2 Å². The molecule has 0 radical (unpaired) electrons. The Balaban J connectivity index is 2.06. The fourth-order valence-corrected chi connectivity index (χ4v) is 2.85. The summed E-state index contributed by atoms with van der Waals surface area (Å²) in [7, 11) is 1.37. The van der Waals surface area contributed by atoms with Crippen LogP contribution in [-0.2, 0) is 9.53 Å². The number of nitrogens with zero attached hydrogens (tertiary/aromatic N) is 2. The maximum Gasteiger partial charge on any atom is 0.306 e. The number of carbonyl (C=O) groups excluding carboxylic acids is 1. The van der Waals surface area contributed by atoms with Crippen LogP contribution in [0.4, 0.5) is 5.82 Å². The summed E-state index contributed by atoms with van der Waals surface area (Å²) in [5, 5.41) is 3.41. The number of anilines is 1. The Kier molecular flexibility index (Phi) is 3.80. The van der Waals surface area contributed by atoms with Gasteiger partial charge in [-0.15, -0.1) is 11.3 Å². The highest BCUT2D eigenvalue weighted by Crippen LogP contribution is 2.26. The summed E-state index contributed by atoms with van der Waals surface area (Å²) >= 11 is 2.92. The molecule has 0 fully saturated rings. The van der Waals surface area contributed by atoms with Crippen molar-refractivity contribution in [2.75, 3.05) is 18.6 Å². The minimum atomic E-state index is -0.234. The van der Waals surface area contributed by atoms with Gasteiger partial charge in [0.15, 0.2) is 5.16 Å². The number of hydrogen-bond donors (Lipinski definition) is 1. The largest absolute Gasteiger partial charge is 0.469 e. The molecule has 0 bridgehead atoms. The van der Waals surface area contributed by atoms with E-state index in [1.807, 2.05) is 11.4 Å². The van der Waals surface area contributed by atoms with E-state index in [9.17, 15) is 4.79 Å². The lowest BCUT2D eigenvalue weighted by Crippen LogP contribution is -2.02. The highest BCUT2D eigenvalue weighted by molar-refractivity contribution is 7.99. The normalized spacial score (nSPS) is 10.6. The molecular formula is C10H11N3O2S2. The average Bonchev–Trinajstić information content (AvgIpc) is 2.77. The molecule has 2 rings (SSSR count). The van der Waals surface area contributed by atoms with Crippen LogP contribution in [0.5, 0.6) is 0 Å². The van der Waals surface area contributed by atoms with Crippen LogP contribution in [0.1, 0.15) is 6.42 Å². The van der Waals surface area contributed by atoms with E-state index in [4.69, 9.17) is 5.73 Å². The molecule has 0 saturated carbocycles. The first kappa shape index (κ1) is 12.1. The van der Waals surface area contributed by atoms with Crippen LogP contribution in [-0.4, -0.2) is 28.8 Å². The van der Waals surface area contributed by atoms with Crippen molar-refractivity contribution in [3.05, 3.63) is 11.4 Å². The second-order valence-corrected chi connectivity index (χ2v) is 5.16. The molecule has 7 heteroatoms. The predicted octanol–water partition coefficient (Wildman–Crippen LogP) is 1.93. The molecule has 2 aromatic rings. The Morgan fingerprint density at radius 1 is 1.59 bits per heavy atom. The highest BCUT2D eigenvalue weighted by Gasteiger charge is 2.07. The number of esters is 1. The summed E-state index contributed by atoms with van der Waals surface area (Å²) in [5.74, 6) is 0.836. The minimum absolute atomic E-state index is 0.234. The molecule has 0 aliphatic rings. The lowest BCUT2D eigenvalue weighted by molar-refractivity contribution is -0.140. The molecule has 2 aromatic heterocycles. The number of aromatic nitrogens is 2. The average molecular weight is 269 g/mol. The van der Waals surface area contributed by atoms with Gasteiger partial charge in [-0.2, -0.15) is 0 Å². The number of thiophene rings is 1. The Hall–Kier alpha value is -1.34. The quantitative estimate of drug-likeness (QED) is 0.519. The third kappa shape index (κ3) is 2.86. The number of rotatable bonds is 4. The van der Waals surface area contributed by atoms with Crippen molar-refractivity contribution >= 4 is 45.1 Å². The molecule has 2 heterocycles. The van der Waals surface area contributed by atoms with Crippen molar-refractivity contribution in [3.63, 3.8) is 0 Å². The van der Waals surface area contributed by atoms with Gasteiger partial charge in [0.05, 0.1) is 18.9 Å². The van der Waals surface area contributed by atoms with Crippen molar-refractivity contribution in [2.45, 2.75) is 11.6 Å². The van der Waals surface area contributed by atoms with Gasteiger partial charge in [-0.05, 0) is 11.4 Å². The van der Waals surface area contributed by atoms with Gasteiger partial charge in [-0.1, -0.05) is 11.8 Å². The number of ether oxygens (including phenoxy) is 1. The van der Waals surface area contributed by atoms with E-state index in [-0.39, 0.29) is 5.97 Å². The van der Waals surface area contributed by atoms with E-state index >= 15 is 0 Å². The number of fused-ring (bicyclic) bond motifs is 1. The lowest BCUT2D eigenvalue weighted by Gasteiger charge is -2.01. The fourth-order valence-electron chi connectivity index (χ4n) is 1.25. The van der Waals surface area contributed by atoms with Crippen LogP contribution in [0, 0.1) is 0 Å². The summed E-state index contributed by atoms with van der Waals surface area (Å²) in [5.41, 5.74) is 5.81. The zero-order valence-corrected chi connectivity index (χ0v) is 10.8. The molecule has 0 aromatic carbocycles. The number of methoxy groups -OCH3 is 1. The molecule has 0 atom stereocenters. The third-order valence-corrected chi connectivity index (χ3v) is 3.75. The second-order valence-electron chi connectivity index (χ2n) is 3.21. The minimum Gasteiger partial charge on any atom is -0.469 e. The Morgan fingerprint density at radius 2 is 2.41 bits per heavy atom. The summed E-state index contributed by atoms with van der Waals surface area (Å²) < 4.78 is 4.55. The first-order valence-electron chi connectivity index (χ1n) is 4.91. The van der Waals surface area contributed by atoms with Crippen molar-refractivity contribution in [3.8, 4) is 0 Å². The zero-order valence-electron chi connectivity index (χ0n) is 9.17. The molecule has 0 spiro atoms. The van der Waals surface area contributed by atoms with Crippen LogP contribution < -0.4 is 5.73 Å². The van der Waals surface area contributed by atoms with Gasteiger partial charge in [0.2, 0.25) is 0 Å². The van der Waals surface area contributed by atoms with E-state index in [1.165, 1.54) is 30.2 Å². The topological polar surface area (TPSA) is 78.1 Å². The van der Waals surface area contributed by atoms with Crippen LogP contribution in [0.15, 0.2) is 16.6 Å². The SMILES string of the molecule is COC(=O)CCSc1nc(N)c2ccsc2n1. The van der Waals surface area contributed by atoms with E-state index in [1.54, 1.807) is 0 Å². The Bertz CT molecular complexity index is 541. The summed E-state index contributed by atoms with van der Waals surface area (Å²) in [4.78, 5) is 20.4. The van der Waals surface area contributed by atoms with Crippen molar-refractivity contribution in [1.82, 2.24) is 9.97 Å². The van der Waals surface area contributed by atoms with Gasteiger partial charge < -0.3 is 10.5 Å². The van der Waals surface area contributed by atoms with Crippen LogP contribution >= 0.6 is 23.1 Å². The number of nitrogens with two attached hydrogens (primary N) is 1. The predicted molar refractivity (Wildman–Crippen MR) is 69.2 cm³/mol. The number of carbonyl (C=O) groups is 1. The van der Waals surface area contributed by atoms with Crippen LogP contribution in [0.25, 0.3) is 10.2 Å². The van der Waals surface area contributed by atoms with Crippen LogP contribution in [0.3, 0.4) is 0 Å². The summed E-state index contributed by atoms with van der Waals surface area (Å²) in [6.07, 6.45) is 0.340. The molecular weight excluding hydrogens is 258 g/mol. The van der Waals surface area contributed by atoms with Gasteiger partial charge in [0.1, 0.15) is 10.6 Å². The maximum absolute atomic E-state index is 10.9. The smallest absolute Gasteiger partial charge is 0.306 e. The molecule has 0 saturated heterocycles. The second kappa shape index (κ2) is 5.33. The van der Waals surface area contributed by atoms with Gasteiger partial charge in [-0.3, -0.25) is 4.79 Å². The lowest BCUT2D eigenvalue weighted by atomic mass is 10.4. The van der Waals surface area contributed by atoms with Gasteiger partial charge in [-0.25, -0.2) is 9.97 Å². The van der Waals surface area contributed by atoms with E-state index in [2.05, 4.69) is 14.7 Å². The number of nitrogen functional groups attached to an aromatic ring is 1. The summed E-state index contributed by atoms with van der Waals surface area (Å²) in [6.45, 7) is 0. The zero-order chi connectivity index (χ0) is 12.3. The van der Waals surface area contributed by atoms with Crippen molar-refractivity contribution in [1.29, 1.82) is 0 Å². The van der Waals surface area contributed by atoms with Crippen molar-refractivity contribution < 1.29 is 9.53 Å². The molecule has 0 amide bonds. The Morgan fingerprint density at radius 3 is 3.18 bits per heavy atom. The first-order chi connectivity index (χ1) is 8.20. The number of thioether (sulfide) groups is 1. The first-order valence-corrected chi connectivity index (χ1v) is 6.77. The molecule has 2 N–H and O–H groups in total. The molecule has 0 aliphatic carbocycles. The molecule has 0 aliphatic heterocycles. The highest BCUT2D eigenvalue weighted by atomic mass is 32.2. The fraction of sp³-hybridized carbons (Fsp3) is 0.300. The van der Waals surface area contributed by atoms with Crippen LogP contribution in [0.2, 0.25) is 0 Å². The van der Waals surface area contributed by atoms with Gasteiger partial charge in [0.25, 0.3) is 0 Å².